The topological polar surface area (TPSA) is 46.5 Å². The number of aliphatic hydroxyl groups excluding tert-OH is 1. The van der Waals surface area contributed by atoms with Gasteiger partial charge in [0.2, 0.25) is 0 Å². The van der Waals surface area contributed by atoms with Crippen LogP contribution in [0, 0.1) is 5.82 Å². The van der Waals surface area contributed by atoms with Gasteiger partial charge in [0.15, 0.2) is 0 Å². The first-order valence-corrected chi connectivity index (χ1v) is 5.73. The van der Waals surface area contributed by atoms with Crippen LogP contribution in [0.1, 0.15) is 15.9 Å². The Hall–Kier alpha value is -2.20. The van der Waals surface area contributed by atoms with Crippen molar-refractivity contribution in [2.75, 3.05) is 7.11 Å². The van der Waals surface area contributed by atoms with Crippen LogP contribution in [-0.4, -0.2) is 18.2 Å². The minimum atomic E-state index is -0.469. The number of ether oxygens (including phenoxy) is 1. The average Bonchev–Trinajstić information content (AvgIpc) is 2.46. The fourth-order valence-electron chi connectivity index (χ4n) is 1.80. The van der Waals surface area contributed by atoms with Crippen molar-refractivity contribution in [3.05, 3.63) is 59.4 Å². The number of hydrogen-bond donors (Lipinski definition) is 1. The Morgan fingerprint density at radius 2 is 1.95 bits per heavy atom. The first-order chi connectivity index (χ1) is 9.15. The summed E-state index contributed by atoms with van der Waals surface area (Å²) in [6.07, 6.45) is 0. The lowest BCUT2D eigenvalue weighted by Crippen LogP contribution is -2.00. The van der Waals surface area contributed by atoms with Gasteiger partial charge in [-0.25, -0.2) is 9.18 Å². The molecule has 0 radical (unpaired) electrons. The molecule has 4 heteroatoms. The van der Waals surface area contributed by atoms with Crippen LogP contribution in [0.4, 0.5) is 4.39 Å². The van der Waals surface area contributed by atoms with Crippen molar-refractivity contribution >= 4 is 5.97 Å². The van der Waals surface area contributed by atoms with Gasteiger partial charge in [0, 0.05) is 5.56 Å². The lowest BCUT2D eigenvalue weighted by Gasteiger charge is -2.06. The van der Waals surface area contributed by atoms with E-state index < -0.39 is 11.8 Å². The molecule has 2 aromatic rings. The minimum Gasteiger partial charge on any atom is -0.465 e. The predicted molar refractivity (Wildman–Crippen MR) is 69.1 cm³/mol. The molecular formula is C15H13FO3. The SMILES string of the molecule is COC(=O)c1cccc(-c2ccc(CO)c(F)c2)c1. The molecule has 3 nitrogen and oxygen atoms in total. The minimum absolute atomic E-state index is 0.243. The molecule has 98 valence electrons. The smallest absolute Gasteiger partial charge is 0.337 e. The number of methoxy groups -OCH3 is 1. The Morgan fingerprint density at radius 3 is 2.58 bits per heavy atom. The Labute approximate surface area is 110 Å². The lowest BCUT2D eigenvalue weighted by molar-refractivity contribution is 0.0601. The second-order valence-electron chi connectivity index (χ2n) is 4.04. The molecule has 0 saturated heterocycles. The van der Waals surface area contributed by atoms with Crippen molar-refractivity contribution in [1.82, 2.24) is 0 Å². The molecule has 0 bridgehead atoms. The summed E-state index contributed by atoms with van der Waals surface area (Å²) in [5, 5.41) is 8.93. The quantitative estimate of drug-likeness (QED) is 0.863. The van der Waals surface area contributed by atoms with Crippen LogP contribution >= 0.6 is 0 Å². The number of hydrogen-bond acceptors (Lipinski definition) is 3. The molecule has 0 aliphatic heterocycles. The third-order valence-electron chi connectivity index (χ3n) is 2.84. The van der Waals surface area contributed by atoms with E-state index in [9.17, 15) is 9.18 Å². The zero-order valence-electron chi connectivity index (χ0n) is 10.4. The highest BCUT2D eigenvalue weighted by Crippen LogP contribution is 2.23. The fraction of sp³-hybridized carbons (Fsp3) is 0.133. The summed E-state index contributed by atoms with van der Waals surface area (Å²) in [6.45, 7) is -0.339. The molecule has 0 fully saturated rings. The van der Waals surface area contributed by atoms with Gasteiger partial charge in [0.25, 0.3) is 0 Å². The second-order valence-corrected chi connectivity index (χ2v) is 4.04. The highest BCUT2D eigenvalue weighted by atomic mass is 19.1. The lowest BCUT2D eigenvalue weighted by atomic mass is 10.0. The monoisotopic (exact) mass is 260 g/mol. The predicted octanol–water partition coefficient (Wildman–Crippen LogP) is 2.77. The third kappa shape index (κ3) is 2.80. The van der Waals surface area contributed by atoms with Crippen LogP contribution in [0.5, 0.6) is 0 Å². The molecule has 0 amide bonds. The Bertz CT molecular complexity index is 608. The number of esters is 1. The standard InChI is InChI=1S/C15H13FO3/c1-19-15(18)12-4-2-3-10(7-12)11-5-6-13(9-17)14(16)8-11/h2-8,17H,9H2,1H3. The highest BCUT2D eigenvalue weighted by Gasteiger charge is 2.08. The molecular weight excluding hydrogens is 247 g/mol. The molecule has 0 atom stereocenters. The van der Waals surface area contributed by atoms with Gasteiger partial charge in [0.05, 0.1) is 19.3 Å². The summed E-state index contributed by atoms with van der Waals surface area (Å²) in [5.74, 6) is -0.905. The molecule has 0 aliphatic rings. The van der Waals surface area contributed by atoms with Gasteiger partial charge in [-0.2, -0.15) is 0 Å². The van der Waals surface area contributed by atoms with Gasteiger partial charge in [-0.05, 0) is 29.3 Å². The van der Waals surface area contributed by atoms with E-state index in [4.69, 9.17) is 5.11 Å². The van der Waals surface area contributed by atoms with Gasteiger partial charge < -0.3 is 9.84 Å². The highest BCUT2D eigenvalue weighted by molar-refractivity contribution is 5.90. The molecule has 0 saturated carbocycles. The van der Waals surface area contributed by atoms with Crippen molar-refractivity contribution in [2.24, 2.45) is 0 Å². The van der Waals surface area contributed by atoms with Gasteiger partial charge in [-0.3, -0.25) is 0 Å². The van der Waals surface area contributed by atoms with E-state index in [1.54, 1.807) is 30.3 Å². The molecule has 2 rings (SSSR count). The summed E-state index contributed by atoms with van der Waals surface area (Å²) in [6, 6.07) is 11.3. The Balaban J connectivity index is 2.41. The number of carbonyl (C=O) groups excluding carboxylic acids is 1. The Kier molecular flexibility index (Phi) is 3.92. The second kappa shape index (κ2) is 5.63. The van der Waals surface area contributed by atoms with Crippen LogP contribution in [-0.2, 0) is 11.3 Å². The summed E-state index contributed by atoms with van der Waals surface area (Å²) in [4.78, 5) is 11.4. The molecule has 0 unspecified atom stereocenters. The first-order valence-electron chi connectivity index (χ1n) is 5.73. The van der Waals surface area contributed by atoms with Crippen molar-refractivity contribution in [3.8, 4) is 11.1 Å². The van der Waals surface area contributed by atoms with Gasteiger partial charge in [-0.15, -0.1) is 0 Å². The number of aliphatic hydroxyl groups is 1. The molecule has 0 heterocycles. The van der Waals surface area contributed by atoms with Crippen LogP contribution in [0.3, 0.4) is 0 Å². The summed E-state index contributed by atoms with van der Waals surface area (Å²) >= 11 is 0. The zero-order valence-corrected chi connectivity index (χ0v) is 10.4. The zero-order chi connectivity index (χ0) is 13.8. The summed E-state index contributed by atoms with van der Waals surface area (Å²) in [7, 11) is 1.31. The number of halogens is 1. The third-order valence-corrected chi connectivity index (χ3v) is 2.84. The molecule has 0 spiro atoms. The van der Waals surface area contributed by atoms with Crippen LogP contribution in [0.25, 0.3) is 11.1 Å². The van der Waals surface area contributed by atoms with E-state index in [1.807, 2.05) is 0 Å². The van der Waals surface area contributed by atoms with E-state index >= 15 is 0 Å². The van der Waals surface area contributed by atoms with E-state index in [-0.39, 0.29) is 12.2 Å². The number of rotatable bonds is 3. The average molecular weight is 260 g/mol. The first kappa shape index (κ1) is 13.2. The maximum Gasteiger partial charge on any atom is 0.337 e. The maximum absolute atomic E-state index is 13.6. The number of carbonyl (C=O) groups is 1. The van der Waals surface area contributed by atoms with Crippen LogP contribution in [0.15, 0.2) is 42.5 Å². The van der Waals surface area contributed by atoms with Crippen LogP contribution in [0.2, 0.25) is 0 Å². The summed E-state index contributed by atoms with van der Waals surface area (Å²) < 4.78 is 18.3. The maximum atomic E-state index is 13.6. The summed E-state index contributed by atoms with van der Waals surface area (Å²) in [5.41, 5.74) is 2.01. The molecule has 0 aliphatic carbocycles. The molecule has 2 aromatic carbocycles. The van der Waals surface area contributed by atoms with E-state index in [2.05, 4.69) is 4.74 Å². The van der Waals surface area contributed by atoms with E-state index in [1.165, 1.54) is 19.2 Å². The van der Waals surface area contributed by atoms with Gasteiger partial charge >= 0.3 is 5.97 Å². The Morgan fingerprint density at radius 1 is 1.21 bits per heavy atom. The van der Waals surface area contributed by atoms with Crippen molar-refractivity contribution < 1.29 is 19.0 Å². The fourth-order valence-corrected chi connectivity index (χ4v) is 1.80. The van der Waals surface area contributed by atoms with Gasteiger partial charge in [-0.1, -0.05) is 24.3 Å². The largest absolute Gasteiger partial charge is 0.465 e. The normalized spacial score (nSPS) is 10.3. The van der Waals surface area contributed by atoms with Crippen LogP contribution < -0.4 is 0 Å². The van der Waals surface area contributed by atoms with Crippen molar-refractivity contribution in [3.63, 3.8) is 0 Å². The van der Waals surface area contributed by atoms with Crippen molar-refractivity contribution in [2.45, 2.75) is 6.61 Å². The van der Waals surface area contributed by atoms with E-state index in [0.717, 1.165) is 0 Å². The molecule has 1 N–H and O–H groups in total. The van der Waals surface area contributed by atoms with Gasteiger partial charge in [0.1, 0.15) is 5.82 Å². The molecule has 0 aromatic heterocycles. The van der Waals surface area contributed by atoms with E-state index in [0.29, 0.717) is 16.7 Å². The van der Waals surface area contributed by atoms with Crippen molar-refractivity contribution in [1.29, 1.82) is 0 Å². The molecule has 19 heavy (non-hydrogen) atoms. The number of benzene rings is 2.